The van der Waals surface area contributed by atoms with Crippen LogP contribution in [0.3, 0.4) is 0 Å². The molecule has 2 heterocycles. The molecule has 6 heteroatoms. The molecule has 0 radical (unpaired) electrons. The van der Waals surface area contributed by atoms with Gasteiger partial charge in [0.1, 0.15) is 5.82 Å². The number of aromatic nitrogens is 4. The van der Waals surface area contributed by atoms with Gasteiger partial charge in [-0.1, -0.05) is 12.1 Å². The average Bonchev–Trinajstić information content (AvgIpc) is 2.88. The number of rotatable bonds is 3. The fraction of sp³-hybridized carbons (Fsp3) is 0.167. The van der Waals surface area contributed by atoms with Crippen molar-refractivity contribution in [3.05, 3.63) is 42.0 Å². The van der Waals surface area contributed by atoms with E-state index in [4.69, 9.17) is 0 Å². The smallest absolute Gasteiger partial charge is 0.251 e. The van der Waals surface area contributed by atoms with Crippen LogP contribution in [0, 0.1) is 5.82 Å². The SMILES string of the molecule is CNCc1cn2[nH]c(-c3ccccc3F)nc2n1. The first-order valence-electron chi connectivity index (χ1n) is 5.61. The zero-order chi connectivity index (χ0) is 12.5. The predicted molar refractivity (Wildman–Crippen MR) is 65.5 cm³/mol. The van der Waals surface area contributed by atoms with Crippen molar-refractivity contribution in [3.63, 3.8) is 0 Å². The maximum atomic E-state index is 13.6. The van der Waals surface area contributed by atoms with Gasteiger partial charge < -0.3 is 5.32 Å². The zero-order valence-corrected chi connectivity index (χ0v) is 9.81. The number of halogens is 1. The summed E-state index contributed by atoms with van der Waals surface area (Å²) < 4.78 is 15.3. The van der Waals surface area contributed by atoms with Gasteiger partial charge in [0.25, 0.3) is 5.78 Å². The highest BCUT2D eigenvalue weighted by Crippen LogP contribution is 2.19. The molecule has 92 valence electrons. The number of H-pyrrole nitrogens is 1. The molecule has 0 saturated heterocycles. The lowest BCUT2D eigenvalue weighted by Crippen LogP contribution is -2.05. The minimum atomic E-state index is -0.301. The third-order valence-electron chi connectivity index (χ3n) is 2.66. The molecule has 0 saturated carbocycles. The van der Waals surface area contributed by atoms with Gasteiger partial charge in [-0.05, 0) is 19.2 Å². The van der Waals surface area contributed by atoms with E-state index in [0.29, 0.717) is 23.7 Å². The van der Waals surface area contributed by atoms with E-state index in [2.05, 4.69) is 20.4 Å². The zero-order valence-electron chi connectivity index (χ0n) is 9.81. The Bertz CT molecular complexity index is 653. The van der Waals surface area contributed by atoms with Crippen LogP contribution in [0.2, 0.25) is 0 Å². The number of hydrogen-bond acceptors (Lipinski definition) is 3. The van der Waals surface area contributed by atoms with E-state index in [1.54, 1.807) is 22.7 Å². The molecule has 2 aromatic heterocycles. The van der Waals surface area contributed by atoms with E-state index in [9.17, 15) is 4.39 Å². The second kappa shape index (κ2) is 4.23. The maximum absolute atomic E-state index is 13.6. The van der Waals surface area contributed by atoms with Gasteiger partial charge in [0.05, 0.1) is 17.5 Å². The molecule has 1 aromatic carbocycles. The van der Waals surface area contributed by atoms with Gasteiger partial charge in [0, 0.05) is 6.54 Å². The summed E-state index contributed by atoms with van der Waals surface area (Å²) in [6, 6.07) is 6.52. The average molecular weight is 245 g/mol. The van der Waals surface area contributed by atoms with Crippen molar-refractivity contribution < 1.29 is 4.39 Å². The minimum absolute atomic E-state index is 0.301. The number of hydrogen-bond donors (Lipinski definition) is 2. The lowest BCUT2D eigenvalue weighted by Gasteiger charge is -1.97. The molecule has 0 unspecified atom stereocenters. The molecule has 18 heavy (non-hydrogen) atoms. The Morgan fingerprint density at radius 3 is 2.89 bits per heavy atom. The number of nitrogens with one attached hydrogen (secondary N) is 2. The summed E-state index contributed by atoms with van der Waals surface area (Å²) in [5.74, 6) is 0.718. The molecule has 0 atom stereocenters. The highest BCUT2D eigenvalue weighted by atomic mass is 19.1. The third-order valence-corrected chi connectivity index (χ3v) is 2.66. The molecule has 0 amide bonds. The van der Waals surface area contributed by atoms with Crippen LogP contribution in [0.5, 0.6) is 0 Å². The molecular formula is C12H12FN5. The van der Waals surface area contributed by atoms with Gasteiger partial charge in [-0.25, -0.2) is 13.9 Å². The molecule has 0 spiro atoms. The molecular weight excluding hydrogens is 233 g/mol. The fourth-order valence-electron chi connectivity index (χ4n) is 1.86. The van der Waals surface area contributed by atoms with Crippen LogP contribution in [0.4, 0.5) is 4.39 Å². The Labute approximate surface area is 103 Å². The van der Waals surface area contributed by atoms with Crippen LogP contribution >= 0.6 is 0 Å². The summed E-state index contributed by atoms with van der Waals surface area (Å²) >= 11 is 0. The largest absolute Gasteiger partial charge is 0.314 e. The number of fused-ring (bicyclic) bond motifs is 1. The second-order valence-electron chi connectivity index (χ2n) is 3.98. The standard InChI is InChI=1S/C12H12FN5/c1-14-6-8-7-18-12(15-8)16-11(17-18)9-4-2-3-5-10(9)13/h2-5,7,14H,6H2,1H3,(H,15,16,17). The van der Waals surface area contributed by atoms with Crippen molar-refractivity contribution in [3.8, 4) is 11.4 Å². The van der Waals surface area contributed by atoms with Crippen LogP contribution in [-0.4, -0.2) is 26.6 Å². The fourth-order valence-corrected chi connectivity index (χ4v) is 1.86. The van der Waals surface area contributed by atoms with Crippen LogP contribution in [0.1, 0.15) is 5.69 Å². The second-order valence-corrected chi connectivity index (χ2v) is 3.98. The van der Waals surface area contributed by atoms with E-state index < -0.39 is 0 Å². The van der Waals surface area contributed by atoms with Gasteiger partial charge >= 0.3 is 0 Å². The Kier molecular flexibility index (Phi) is 2.56. The number of aromatic amines is 1. The van der Waals surface area contributed by atoms with Crippen molar-refractivity contribution in [2.24, 2.45) is 0 Å². The Hall–Kier alpha value is -2.21. The molecule has 3 rings (SSSR count). The van der Waals surface area contributed by atoms with Crippen LogP contribution < -0.4 is 5.32 Å². The summed E-state index contributed by atoms with van der Waals surface area (Å²) in [5, 5.41) is 6.02. The van der Waals surface area contributed by atoms with E-state index in [1.165, 1.54) is 6.07 Å². The normalized spacial score (nSPS) is 11.2. The summed E-state index contributed by atoms with van der Waals surface area (Å²) in [6.45, 7) is 0.673. The molecule has 5 nitrogen and oxygen atoms in total. The molecule has 0 fully saturated rings. The minimum Gasteiger partial charge on any atom is -0.314 e. The van der Waals surface area contributed by atoms with Crippen molar-refractivity contribution >= 4 is 5.78 Å². The van der Waals surface area contributed by atoms with Gasteiger partial charge in [-0.3, -0.25) is 5.10 Å². The van der Waals surface area contributed by atoms with E-state index >= 15 is 0 Å². The van der Waals surface area contributed by atoms with Crippen LogP contribution in [-0.2, 0) is 6.54 Å². The maximum Gasteiger partial charge on any atom is 0.251 e. The molecule has 0 aliphatic heterocycles. The lowest BCUT2D eigenvalue weighted by atomic mass is 10.2. The van der Waals surface area contributed by atoms with Crippen LogP contribution in [0.25, 0.3) is 17.2 Å². The highest BCUT2D eigenvalue weighted by Gasteiger charge is 2.11. The van der Waals surface area contributed by atoms with Gasteiger partial charge in [0.2, 0.25) is 0 Å². The van der Waals surface area contributed by atoms with E-state index in [-0.39, 0.29) is 5.82 Å². The molecule has 0 aliphatic carbocycles. The lowest BCUT2D eigenvalue weighted by molar-refractivity contribution is 0.630. The molecule has 2 N–H and O–H groups in total. The summed E-state index contributed by atoms with van der Waals surface area (Å²) in [4.78, 5) is 8.59. The van der Waals surface area contributed by atoms with Crippen molar-refractivity contribution in [2.75, 3.05) is 7.05 Å². The first kappa shape index (κ1) is 10.9. The number of nitrogens with zero attached hydrogens (tertiary/aromatic N) is 3. The van der Waals surface area contributed by atoms with Crippen LogP contribution in [0.15, 0.2) is 30.5 Å². The first-order chi connectivity index (χ1) is 8.78. The Morgan fingerprint density at radius 1 is 1.33 bits per heavy atom. The molecule has 0 bridgehead atoms. The summed E-state index contributed by atoms with van der Waals surface area (Å²) in [6.07, 6.45) is 1.84. The van der Waals surface area contributed by atoms with E-state index in [1.807, 2.05) is 13.2 Å². The molecule has 3 aromatic rings. The van der Waals surface area contributed by atoms with Crippen molar-refractivity contribution in [1.82, 2.24) is 24.9 Å². The Morgan fingerprint density at radius 2 is 2.17 bits per heavy atom. The Balaban J connectivity index is 2.04. The quantitative estimate of drug-likeness (QED) is 0.736. The highest BCUT2D eigenvalue weighted by molar-refractivity contribution is 5.57. The van der Waals surface area contributed by atoms with Gasteiger partial charge in [-0.2, -0.15) is 4.98 Å². The summed E-state index contributed by atoms with van der Waals surface area (Å²) in [5.41, 5.74) is 1.33. The third kappa shape index (κ3) is 1.76. The van der Waals surface area contributed by atoms with Crippen molar-refractivity contribution in [2.45, 2.75) is 6.54 Å². The van der Waals surface area contributed by atoms with E-state index in [0.717, 1.165) is 5.69 Å². The first-order valence-corrected chi connectivity index (χ1v) is 5.61. The predicted octanol–water partition coefficient (Wildman–Crippen LogP) is 1.58. The van der Waals surface area contributed by atoms with Gasteiger partial charge in [-0.15, -0.1) is 0 Å². The topological polar surface area (TPSA) is 58.0 Å². The summed E-state index contributed by atoms with van der Waals surface area (Å²) in [7, 11) is 1.85. The number of imidazole rings is 1. The van der Waals surface area contributed by atoms with Gasteiger partial charge in [0.15, 0.2) is 5.82 Å². The molecule has 0 aliphatic rings. The number of benzene rings is 1. The van der Waals surface area contributed by atoms with Crippen molar-refractivity contribution in [1.29, 1.82) is 0 Å². The monoisotopic (exact) mass is 245 g/mol.